The van der Waals surface area contributed by atoms with Crippen LogP contribution >= 0.6 is 12.4 Å². The first kappa shape index (κ1) is 18.4. The van der Waals surface area contributed by atoms with E-state index in [-0.39, 0.29) is 28.2 Å². The maximum absolute atomic E-state index is 12.4. The van der Waals surface area contributed by atoms with E-state index in [1.807, 2.05) is 0 Å². The summed E-state index contributed by atoms with van der Waals surface area (Å²) in [6, 6.07) is 5.13. The average molecular weight is 355 g/mol. The molecular formula is C12H19ClN2O4S2. The molecule has 0 aromatic heterocycles. The van der Waals surface area contributed by atoms with Gasteiger partial charge in [-0.1, -0.05) is 0 Å². The highest BCUT2D eigenvalue weighted by Gasteiger charge is 2.28. The van der Waals surface area contributed by atoms with Crippen LogP contribution in [0, 0.1) is 0 Å². The van der Waals surface area contributed by atoms with Crippen molar-refractivity contribution < 1.29 is 16.8 Å². The quantitative estimate of drug-likeness (QED) is 0.858. The Bertz CT molecular complexity index is 686. The van der Waals surface area contributed by atoms with Gasteiger partial charge in [0.15, 0.2) is 9.84 Å². The summed E-state index contributed by atoms with van der Waals surface area (Å²) in [4.78, 5) is 0.200. The molecule has 1 aliphatic heterocycles. The number of hydrogen-bond acceptors (Lipinski definition) is 5. The number of rotatable bonds is 3. The van der Waals surface area contributed by atoms with E-state index in [1.165, 1.54) is 28.6 Å². The lowest BCUT2D eigenvalue weighted by Gasteiger charge is -2.29. The van der Waals surface area contributed by atoms with E-state index in [0.717, 1.165) is 19.1 Å². The van der Waals surface area contributed by atoms with Crippen molar-refractivity contribution >= 4 is 32.3 Å². The Morgan fingerprint density at radius 3 is 2.10 bits per heavy atom. The molecule has 0 bridgehead atoms. The van der Waals surface area contributed by atoms with Gasteiger partial charge in [-0.25, -0.2) is 16.8 Å². The van der Waals surface area contributed by atoms with Crippen molar-refractivity contribution in [1.82, 2.24) is 4.31 Å². The van der Waals surface area contributed by atoms with E-state index in [9.17, 15) is 16.8 Å². The molecule has 9 heteroatoms. The molecule has 1 saturated heterocycles. The molecule has 0 saturated carbocycles. The number of nitrogens with two attached hydrogens (primary N) is 1. The first-order valence-electron chi connectivity index (χ1n) is 6.27. The van der Waals surface area contributed by atoms with Gasteiger partial charge < -0.3 is 5.73 Å². The number of nitrogens with zero attached hydrogens (tertiary/aromatic N) is 1. The molecule has 2 N–H and O–H groups in total. The third kappa shape index (κ3) is 4.17. The van der Waals surface area contributed by atoms with Gasteiger partial charge in [-0.05, 0) is 37.1 Å². The van der Waals surface area contributed by atoms with Gasteiger partial charge in [-0.2, -0.15) is 4.31 Å². The standard InChI is InChI=1S/C12H18N2O4S2.ClH/c1-19(15,16)11-4-6-12(7-5-11)20(17,18)14-8-2-3-10(13)9-14;/h4-7,10H,2-3,8-9,13H2,1H3;1H/t10-;/m1./s1. The predicted molar refractivity (Wildman–Crippen MR) is 82.8 cm³/mol. The fraction of sp³-hybridized carbons (Fsp3) is 0.500. The average Bonchev–Trinajstić information content (AvgIpc) is 2.38. The van der Waals surface area contributed by atoms with Crippen LogP contribution in [-0.4, -0.2) is 46.5 Å². The molecule has 120 valence electrons. The lowest BCUT2D eigenvalue weighted by molar-refractivity contribution is 0.316. The number of benzene rings is 1. The molecule has 0 radical (unpaired) electrons. The summed E-state index contributed by atoms with van der Waals surface area (Å²) in [5.41, 5.74) is 5.80. The first-order chi connectivity index (χ1) is 9.21. The monoisotopic (exact) mass is 354 g/mol. The lowest BCUT2D eigenvalue weighted by atomic mass is 10.1. The zero-order valence-corrected chi connectivity index (χ0v) is 14.0. The summed E-state index contributed by atoms with van der Waals surface area (Å²) >= 11 is 0. The molecule has 1 aromatic rings. The lowest BCUT2D eigenvalue weighted by Crippen LogP contribution is -2.45. The van der Waals surface area contributed by atoms with Crippen LogP contribution in [0.5, 0.6) is 0 Å². The van der Waals surface area contributed by atoms with Gasteiger partial charge in [0.25, 0.3) is 0 Å². The highest BCUT2D eigenvalue weighted by Crippen LogP contribution is 2.21. The van der Waals surface area contributed by atoms with Gasteiger partial charge >= 0.3 is 0 Å². The van der Waals surface area contributed by atoms with Gasteiger partial charge in [0, 0.05) is 25.4 Å². The van der Waals surface area contributed by atoms with Crippen LogP contribution in [0.1, 0.15) is 12.8 Å². The molecule has 2 rings (SSSR count). The maximum Gasteiger partial charge on any atom is 0.243 e. The summed E-state index contributed by atoms with van der Waals surface area (Å²) in [6.07, 6.45) is 2.64. The molecule has 0 spiro atoms. The normalized spacial score (nSPS) is 20.8. The SMILES string of the molecule is CS(=O)(=O)c1ccc(S(=O)(=O)N2CCC[C@@H](N)C2)cc1.Cl. The minimum Gasteiger partial charge on any atom is -0.327 e. The summed E-state index contributed by atoms with van der Waals surface area (Å²) < 4.78 is 48.9. The second kappa shape index (κ2) is 6.62. The molecule has 1 aromatic carbocycles. The third-order valence-electron chi connectivity index (χ3n) is 3.31. The molecule has 0 unspecified atom stereocenters. The van der Waals surface area contributed by atoms with E-state index >= 15 is 0 Å². The third-order valence-corrected chi connectivity index (χ3v) is 6.32. The van der Waals surface area contributed by atoms with E-state index < -0.39 is 19.9 Å². The Morgan fingerprint density at radius 1 is 1.10 bits per heavy atom. The molecule has 21 heavy (non-hydrogen) atoms. The number of sulfone groups is 1. The summed E-state index contributed by atoms with van der Waals surface area (Å²) in [7, 11) is -6.93. The minimum atomic E-state index is -3.60. The van der Waals surface area contributed by atoms with Crippen molar-refractivity contribution in [3.8, 4) is 0 Å². The van der Waals surface area contributed by atoms with Crippen LogP contribution in [0.2, 0.25) is 0 Å². The zero-order valence-electron chi connectivity index (χ0n) is 11.6. The molecule has 0 aliphatic carbocycles. The van der Waals surface area contributed by atoms with E-state index in [2.05, 4.69) is 0 Å². The van der Waals surface area contributed by atoms with Gasteiger partial charge in [0.2, 0.25) is 10.0 Å². The van der Waals surface area contributed by atoms with Gasteiger partial charge in [-0.15, -0.1) is 12.4 Å². The Kier molecular flexibility index (Phi) is 5.79. The van der Waals surface area contributed by atoms with Crippen LogP contribution in [0.25, 0.3) is 0 Å². The van der Waals surface area contributed by atoms with Crippen molar-refractivity contribution in [2.75, 3.05) is 19.3 Å². The fourth-order valence-corrected chi connectivity index (χ4v) is 4.37. The molecule has 1 atom stereocenters. The Hall–Kier alpha value is -0.670. The summed E-state index contributed by atoms with van der Waals surface area (Å²) in [6.45, 7) is 0.750. The molecule has 6 nitrogen and oxygen atoms in total. The van der Waals surface area contributed by atoms with Crippen LogP contribution in [0.3, 0.4) is 0 Å². The number of halogens is 1. The van der Waals surface area contributed by atoms with Crippen molar-refractivity contribution in [3.63, 3.8) is 0 Å². The van der Waals surface area contributed by atoms with Gasteiger partial charge in [0.05, 0.1) is 9.79 Å². The van der Waals surface area contributed by atoms with Crippen LogP contribution in [0.15, 0.2) is 34.1 Å². The minimum absolute atomic E-state index is 0. The second-order valence-electron chi connectivity index (χ2n) is 5.01. The molecule has 0 amide bonds. The Morgan fingerprint density at radius 2 is 1.62 bits per heavy atom. The van der Waals surface area contributed by atoms with Crippen molar-refractivity contribution in [1.29, 1.82) is 0 Å². The van der Waals surface area contributed by atoms with Crippen LogP contribution in [0.4, 0.5) is 0 Å². The number of hydrogen-bond donors (Lipinski definition) is 1. The topological polar surface area (TPSA) is 97.5 Å². The summed E-state index contributed by atoms with van der Waals surface area (Å²) in [5.74, 6) is 0. The maximum atomic E-state index is 12.4. The number of piperidine rings is 1. The molecule has 1 aliphatic rings. The highest BCUT2D eigenvalue weighted by molar-refractivity contribution is 7.90. The smallest absolute Gasteiger partial charge is 0.243 e. The van der Waals surface area contributed by atoms with Crippen molar-refractivity contribution in [2.45, 2.75) is 28.7 Å². The van der Waals surface area contributed by atoms with Gasteiger partial charge in [-0.3, -0.25) is 0 Å². The second-order valence-corrected chi connectivity index (χ2v) is 8.96. The van der Waals surface area contributed by atoms with Crippen LogP contribution < -0.4 is 5.73 Å². The zero-order chi connectivity index (χ0) is 15.0. The first-order valence-corrected chi connectivity index (χ1v) is 9.60. The Labute approximate surface area is 131 Å². The van der Waals surface area contributed by atoms with E-state index in [1.54, 1.807) is 0 Å². The van der Waals surface area contributed by atoms with E-state index in [4.69, 9.17) is 5.73 Å². The van der Waals surface area contributed by atoms with Crippen LogP contribution in [-0.2, 0) is 19.9 Å². The fourth-order valence-electron chi connectivity index (χ4n) is 2.20. The van der Waals surface area contributed by atoms with Crippen molar-refractivity contribution in [3.05, 3.63) is 24.3 Å². The van der Waals surface area contributed by atoms with Gasteiger partial charge in [0.1, 0.15) is 0 Å². The predicted octanol–water partition coefficient (Wildman–Crippen LogP) is 0.624. The number of sulfonamides is 1. The molecular weight excluding hydrogens is 336 g/mol. The largest absolute Gasteiger partial charge is 0.327 e. The highest BCUT2D eigenvalue weighted by atomic mass is 35.5. The molecule has 1 fully saturated rings. The van der Waals surface area contributed by atoms with E-state index in [0.29, 0.717) is 13.1 Å². The van der Waals surface area contributed by atoms with Crippen molar-refractivity contribution in [2.24, 2.45) is 5.73 Å². The molecule has 1 heterocycles. The summed E-state index contributed by atoms with van der Waals surface area (Å²) in [5, 5.41) is 0. The Balaban J connectivity index is 0.00000220.